The molecule has 0 rings (SSSR count). The third-order valence-corrected chi connectivity index (χ3v) is 6.86. The molecule has 0 spiro atoms. The van der Waals surface area contributed by atoms with Crippen LogP contribution in [0.1, 0.15) is 84.0 Å². The first-order chi connectivity index (χ1) is 24.5. The van der Waals surface area contributed by atoms with Gasteiger partial charge in [-0.3, -0.25) is 14.4 Å². The van der Waals surface area contributed by atoms with E-state index in [4.69, 9.17) is 52.5 Å². The van der Waals surface area contributed by atoms with Crippen molar-refractivity contribution < 1.29 is 71.7 Å². The van der Waals surface area contributed by atoms with Crippen LogP contribution in [0.3, 0.4) is 0 Å². The summed E-state index contributed by atoms with van der Waals surface area (Å²) in [7, 11) is 0. The van der Waals surface area contributed by atoms with Crippen molar-refractivity contribution in [3.63, 3.8) is 0 Å². The minimum Gasteiger partial charge on any atom is -0.476 e. The Labute approximate surface area is 298 Å². The molecule has 0 amide bonds. The molecule has 0 saturated carbocycles. The summed E-state index contributed by atoms with van der Waals surface area (Å²) >= 11 is 0. The van der Waals surface area contributed by atoms with Crippen LogP contribution in [-0.4, -0.2) is 148 Å². The first kappa shape index (κ1) is 47.8. The lowest BCUT2D eigenvalue weighted by atomic mass is 10.1. The molecule has 0 aromatic heterocycles. The van der Waals surface area contributed by atoms with Crippen LogP contribution in [0.4, 0.5) is 0 Å². The largest absolute Gasteiger partial charge is 0.476 e. The van der Waals surface area contributed by atoms with E-state index in [1.54, 1.807) is 0 Å². The highest BCUT2D eigenvalue weighted by Gasteiger charge is 2.14. The molecule has 0 aliphatic heterocycles. The van der Waals surface area contributed by atoms with Crippen LogP contribution in [0.5, 0.6) is 0 Å². The Morgan fingerprint density at radius 2 is 0.640 bits per heavy atom. The van der Waals surface area contributed by atoms with Crippen LogP contribution in [-0.2, 0) is 66.5 Å². The fourth-order valence-electron chi connectivity index (χ4n) is 4.12. The summed E-state index contributed by atoms with van der Waals surface area (Å²) in [5, 5.41) is 8.45. The van der Waals surface area contributed by atoms with Crippen molar-refractivity contribution in [3.05, 3.63) is 0 Å². The summed E-state index contributed by atoms with van der Waals surface area (Å²) in [5.41, 5.74) is 0. The number of carboxylic acid groups (broad SMARTS) is 1. The van der Waals surface area contributed by atoms with E-state index < -0.39 is 17.7 Å². The topological polar surface area (TPSA) is 181 Å². The highest BCUT2D eigenvalue weighted by Crippen LogP contribution is 2.10. The summed E-state index contributed by atoms with van der Waals surface area (Å²) in [6, 6.07) is 0. The van der Waals surface area contributed by atoms with Gasteiger partial charge in [0.05, 0.1) is 112 Å². The zero-order chi connectivity index (χ0) is 36.6. The van der Waals surface area contributed by atoms with Gasteiger partial charge in [-0.1, -0.05) is 58.3 Å². The van der Waals surface area contributed by atoms with Gasteiger partial charge < -0.3 is 52.5 Å². The van der Waals surface area contributed by atoms with Gasteiger partial charge in [0.25, 0.3) is 0 Å². The highest BCUT2D eigenvalue weighted by atomic mass is 16.6. The zero-order valence-electron chi connectivity index (χ0n) is 30.4. The predicted molar refractivity (Wildman–Crippen MR) is 182 cm³/mol. The third kappa shape index (κ3) is 38.6. The van der Waals surface area contributed by atoms with Crippen molar-refractivity contribution in [2.75, 3.05) is 119 Å². The zero-order valence-corrected chi connectivity index (χ0v) is 30.4. The van der Waals surface area contributed by atoms with E-state index in [1.165, 1.54) is 44.9 Å². The molecule has 1 N–H and O–H groups in total. The van der Waals surface area contributed by atoms with Gasteiger partial charge in [-0.15, -0.1) is 0 Å². The summed E-state index contributed by atoms with van der Waals surface area (Å²) in [5.74, 6) is -3.39. The average molecular weight is 725 g/mol. The number of Topliss-reactive ketones (excluding diaryl/α,β-unsaturated/α-hetero) is 1. The van der Waals surface area contributed by atoms with Crippen LogP contribution in [0.25, 0.3) is 0 Å². The number of hydrogen-bond donors (Lipinski definition) is 1. The second-order valence-corrected chi connectivity index (χ2v) is 11.1. The molecule has 0 unspecified atom stereocenters. The number of carbonyl (C=O) groups is 4. The molecule has 294 valence electrons. The summed E-state index contributed by atoms with van der Waals surface area (Å²) in [6.45, 7) is 9.05. The van der Waals surface area contributed by atoms with E-state index in [2.05, 4.69) is 6.92 Å². The number of ether oxygens (including phenoxy) is 10. The number of rotatable bonds is 41. The highest BCUT2D eigenvalue weighted by molar-refractivity contribution is 6.32. The fraction of sp³-hybridized carbons (Fsp3) is 0.886. The predicted octanol–water partition coefficient (Wildman–Crippen LogP) is 3.56. The number of unbranched alkanes of at least 4 members (excludes halogenated alkanes) is 8. The molecule has 0 radical (unpaired) electrons. The Kier molecular flexibility index (Phi) is 37.8. The van der Waals surface area contributed by atoms with Gasteiger partial charge >= 0.3 is 17.9 Å². The molecule has 0 atom stereocenters. The number of esters is 2. The van der Waals surface area contributed by atoms with E-state index in [0.29, 0.717) is 106 Å². The molecule has 50 heavy (non-hydrogen) atoms. The van der Waals surface area contributed by atoms with E-state index in [0.717, 1.165) is 12.8 Å². The summed E-state index contributed by atoms with van der Waals surface area (Å²) in [6.07, 6.45) is 10.8. The number of ketones is 1. The summed E-state index contributed by atoms with van der Waals surface area (Å²) < 4.78 is 53.3. The molecular formula is C35H64O15. The second kappa shape index (κ2) is 39.5. The van der Waals surface area contributed by atoms with Gasteiger partial charge in [0.15, 0.2) is 0 Å². The SMILES string of the molecule is CCCCCCCCCCCC(=O)OCCOCCOCCOCCOCCOCCOCCOCCOCCOC(=O)CCC(=O)C(=O)O. The van der Waals surface area contributed by atoms with Crippen LogP contribution in [0.15, 0.2) is 0 Å². The maximum atomic E-state index is 11.8. The minimum absolute atomic E-state index is 0.0120. The normalized spacial score (nSPS) is 11.1. The number of carboxylic acids is 1. The van der Waals surface area contributed by atoms with Gasteiger partial charge in [0.1, 0.15) is 13.2 Å². The number of hydrogen-bond acceptors (Lipinski definition) is 14. The van der Waals surface area contributed by atoms with Crippen molar-refractivity contribution in [1.82, 2.24) is 0 Å². The van der Waals surface area contributed by atoms with Gasteiger partial charge in [-0.05, 0) is 6.42 Å². The van der Waals surface area contributed by atoms with Crippen LogP contribution < -0.4 is 0 Å². The smallest absolute Gasteiger partial charge is 0.372 e. The number of carbonyl (C=O) groups excluding carboxylic acids is 3. The van der Waals surface area contributed by atoms with Crippen LogP contribution in [0, 0.1) is 0 Å². The molecule has 0 saturated heterocycles. The molecule has 0 aromatic rings. The minimum atomic E-state index is -1.56. The lowest BCUT2D eigenvalue weighted by molar-refractivity contribution is -0.151. The number of aliphatic carboxylic acids is 1. The van der Waals surface area contributed by atoms with E-state index in [1.807, 2.05) is 0 Å². The third-order valence-electron chi connectivity index (χ3n) is 6.86. The van der Waals surface area contributed by atoms with Gasteiger partial charge in [-0.25, -0.2) is 4.79 Å². The Hall–Kier alpha value is -2.24. The molecule has 0 aromatic carbocycles. The fourth-order valence-corrected chi connectivity index (χ4v) is 4.12. The lowest BCUT2D eigenvalue weighted by Crippen LogP contribution is -2.17. The Morgan fingerprint density at radius 1 is 0.360 bits per heavy atom. The monoisotopic (exact) mass is 724 g/mol. The molecule has 15 heteroatoms. The Morgan fingerprint density at radius 3 is 0.960 bits per heavy atom. The molecule has 0 bridgehead atoms. The molecule has 0 fully saturated rings. The Balaban J connectivity index is 3.17. The standard InChI is InChI=1S/C35H64O15/c1-2-3-4-5-6-7-8-9-10-11-33(37)49-30-28-47-26-24-45-22-20-43-18-16-41-14-15-42-17-19-44-21-23-46-25-27-48-29-31-50-34(38)13-12-32(36)35(39)40/h2-31H2,1H3,(H,39,40). The van der Waals surface area contributed by atoms with Gasteiger partial charge in [0.2, 0.25) is 5.78 Å². The first-order valence-electron chi connectivity index (χ1n) is 18.2. The maximum absolute atomic E-state index is 11.8. The van der Waals surface area contributed by atoms with Gasteiger partial charge in [0, 0.05) is 12.8 Å². The van der Waals surface area contributed by atoms with Crippen LogP contribution >= 0.6 is 0 Å². The van der Waals surface area contributed by atoms with E-state index in [-0.39, 0.29) is 38.6 Å². The molecule has 15 nitrogen and oxygen atoms in total. The van der Waals surface area contributed by atoms with Crippen molar-refractivity contribution >= 4 is 23.7 Å². The molecule has 0 aliphatic carbocycles. The first-order valence-corrected chi connectivity index (χ1v) is 18.2. The van der Waals surface area contributed by atoms with Crippen molar-refractivity contribution in [2.45, 2.75) is 84.0 Å². The van der Waals surface area contributed by atoms with Crippen LogP contribution in [0.2, 0.25) is 0 Å². The molecule has 0 aliphatic rings. The lowest BCUT2D eigenvalue weighted by Gasteiger charge is -2.09. The quantitative estimate of drug-likeness (QED) is 0.0549. The maximum Gasteiger partial charge on any atom is 0.372 e. The van der Waals surface area contributed by atoms with Gasteiger partial charge in [-0.2, -0.15) is 0 Å². The van der Waals surface area contributed by atoms with Crippen molar-refractivity contribution in [1.29, 1.82) is 0 Å². The van der Waals surface area contributed by atoms with Crippen molar-refractivity contribution in [2.24, 2.45) is 0 Å². The van der Waals surface area contributed by atoms with E-state index >= 15 is 0 Å². The Bertz CT molecular complexity index is 796. The second-order valence-electron chi connectivity index (χ2n) is 11.1. The van der Waals surface area contributed by atoms with E-state index in [9.17, 15) is 19.2 Å². The van der Waals surface area contributed by atoms with Crippen molar-refractivity contribution in [3.8, 4) is 0 Å². The molecule has 0 heterocycles. The average Bonchev–Trinajstić information content (AvgIpc) is 3.10. The molecular weight excluding hydrogens is 660 g/mol. The summed E-state index contributed by atoms with van der Waals surface area (Å²) in [4.78, 5) is 44.4.